The van der Waals surface area contributed by atoms with Crippen LogP contribution < -0.4 is 10.5 Å². The molecule has 0 aromatic heterocycles. The molecule has 0 atom stereocenters. The van der Waals surface area contributed by atoms with E-state index in [-0.39, 0.29) is 16.6 Å². The third kappa shape index (κ3) is 4.85. The molecule has 0 radical (unpaired) electrons. The fraction of sp³-hybridized carbons (Fsp3) is 0. The summed E-state index contributed by atoms with van der Waals surface area (Å²) in [6.07, 6.45) is 6.87. The van der Waals surface area contributed by atoms with Crippen LogP contribution in [0.15, 0.2) is 72.8 Å². The molecule has 2 N–H and O–H groups in total. The van der Waals surface area contributed by atoms with E-state index in [2.05, 4.69) is 0 Å². The molecule has 0 unspecified atom stereocenters. The number of hydrogen-bond donors (Lipinski definition) is 2. The van der Waals surface area contributed by atoms with Crippen LogP contribution in [-0.2, 0) is 0 Å². The Balaban J connectivity index is 2.05. The average Bonchev–Trinajstić information content (AvgIpc) is 2.71. The highest BCUT2D eigenvalue weighted by molar-refractivity contribution is 5.86. The van der Waals surface area contributed by atoms with Crippen molar-refractivity contribution in [1.29, 1.82) is 0 Å². The standard InChI is InChI=1S/C22H18N2O4/c25-23(26)21-16-22(24(27)28)20(14-12-18-9-5-2-6-10-18)15-19(21)13-11-17-7-3-1-4-8-17/h1-16,25-26H/q-2. The molecule has 0 heterocycles. The van der Waals surface area contributed by atoms with Gasteiger partial charge in [0.1, 0.15) is 5.69 Å². The molecule has 0 saturated carbocycles. The first kappa shape index (κ1) is 19.3. The van der Waals surface area contributed by atoms with Crippen LogP contribution in [0.2, 0.25) is 0 Å². The van der Waals surface area contributed by atoms with Crippen LogP contribution in [0.1, 0.15) is 22.3 Å². The number of anilines is 2. The van der Waals surface area contributed by atoms with E-state index in [4.69, 9.17) is 0 Å². The van der Waals surface area contributed by atoms with Crippen molar-refractivity contribution in [2.45, 2.75) is 0 Å². The van der Waals surface area contributed by atoms with Gasteiger partial charge in [-0.25, -0.2) is 0 Å². The van der Waals surface area contributed by atoms with E-state index in [0.29, 0.717) is 11.1 Å². The van der Waals surface area contributed by atoms with E-state index in [0.717, 1.165) is 17.2 Å². The Morgan fingerprint density at radius 3 is 1.50 bits per heavy atom. The third-order valence-electron chi connectivity index (χ3n) is 4.10. The van der Waals surface area contributed by atoms with Crippen LogP contribution in [0.25, 0.3) is 24.3 Å². The van der Waals surface area contributed by atoms with Gasteiger partial charge < -0.3 is 15.6 Å². The molecule has 0 bridgehead atoms. The molecule has 28 heavy (non-hydrogen) atoms. The van der Waals surface area contributed by atoms with E-state index in [1.807, 2.05) is 60.7 Å². The molecule has 3 aromatic carbocycles. The Kier molecular flexibility index (Phi) is 6.21. The summed E-state index contributed by atoms with van der Waals surface area (Å²) in [5.41, 5.74) is 2.27. The van der Waals surface area contributed by atoms with Gasteiger partial charge in [0.25, 0.3) is 0 Å². The largest absolute Gasteiger partial charge is 0.769 e. The van der Waals surface area contributed by atoms with Crippen molar-refractivity contribution in [1.82, 2.24) is 0 Å². The summed E-state index contributed by atoms with van der Waals surface area (Å²) in [7, 11) is 0. The van der Waals surface area contributed by atoms with Crippen molar-refractivity contribution in [3.8, 4) is 0 Å². The summed E-state index contributed by atoms with van der Waals surface area (Å²) in [5.74, 6) is 0. The molecule has 0 fully saturated rings. The average molecular weight is 374 g/mol. The minimum Gasteiger partial charge on any atom is -0.769 e. The maximum absolute atomic E-state index is 11.5. The number of rotatable bonds is 6. The molecule has 6 nitrogen and oxygen atoms in total. The summed E-state index contributed by atoms with van der Waals surface area (Å²) < 4.78 is 0. The molecule has 0 spiro atoms. The predicted octanol–water partition coefficient (Wildman–Crippen LogP) is 5.41. The lowest BCUT2D eigenvalue weighted by molar-refractivity contribution is 0.0291. The second-order valence-corrected chi connectivity index (χ2v) is 6.00. The molecule has 0 saturated heterocycles. The van der Waals surface area contributed by atoms with Crippen LogP contribution in [0, 0.1) is 10.4 Å². The molecular formula is C22H18N2O4-2. The van der Waals surface area contributed by atoms with Crippen molar-refractivity contribution in [3.05, 3.63) is 105 Å². The Labute approximate surface area is 162 Å². The Morgan fingerprint density at radius 2 is 1.07 bits per heavy atom. The van der Waals surface area contributed by atoms with Crippen LogP contribution in [0.4, 0.5) is 11.4 Å². The Bertz CT molecular complexity index is 892. The third-order valence-corrected chi connectivity index (χ3v) is 4.10. The molecular weight excluding hydrogens is 356 g/mol. The minimum atomic E-state index is -0.553. The zero-order valence-corrected chi connectivity index (χ0v) is 14.8. The van der Waals surface area contributed by atoms with E-state index >= 15 is 0 Å². The second-order valence-electron chi connectivity index (χ2n) is 6.00. The van der Waals surface area contributed by atoms with Crippen LogP contribution in [0.5, 0.6) is 0 Å². The second kappa shape index (κ2) is 8.98. The molecule has 0 aliphatic carbocycles. The van der Waals surface area contributed by atoms with Gasteiger partial charge in [-0.05, 0) is 28.8 Å². The summed E-state index contributed by atoms with van der Waals surface area (Å²) in [6, 6.07) is 21.5. The normalized spacial score (nSPS) is 11.3. The quantitative estimate of drug-likeness (QED) is 0.442. The van der Waals surface area contributed by atoms with Gasteiger partial charge in [0.05, 0.1) is 0 Å². The minimum absolute atomic E-state index is 0.0873. The smallest absolute Gasteiger partial charge is 0.103 e. The summed E-state index contributed by atoms with van der Waals surface area (Å²) >= 11 is 0. The molecule has 0 amide bonds. The van der Waals surface area contributed by atoms with Gasteiger partial charge in [0.15, 0.2) is 0 Å². The van der Waals surface area contributed by atoms with Gasteiger partial charge in [-0.1, -0.05) is 85.0 Å². The highest BCUT2D eigenvalue weighted by atomic mass is 16.8. The van der Waals surface area contributed by atoms with E-state index in [1.165, 1.54) is 0 Å². The molecule has 142 valence electrons. The number of nitrogens with zero attached hydrogens (tertiary/aromatic N) is 2. The first-order valence-electron chi connectivity index (χ1n) is 8.51. The van der Waals surface area contributed by atoms with Crippen LogP contribution in [-0.4, -0.2) is 10.4 Å². The van der Waals surface area contributed by atoms with Crippen LogP contribution in [0.3, 0.4) is 0 Å². The predicted molar refractivity (Wildman–Crippen MR) is 112 cm³/mol. The summed E-state index contributed by atoms with van der Waals surface area (Å²) in [4.78, 5) is 0. The van der Waals surface area contributed by atoms with E-state index in [1.54, 1.807) is 30.4 Å². The lowest BCUT2D eigenvalue weighted by Gasteiger charge is -2.39. The van der Waals surface area contributed by atoms with Crippen molar-refractivity contribution < 1.29 is 10.4 Å². The molecule has 0 aliphatic heterocycles. The highest BCUT2D eigenvalue weighted by Crippen LogP contribution is 2.32. The van der Waals surface area contributed by atoms with Gasteiger partial charge in [-0.2, -0.15) is 0 Å². The first-order valence-corrected chi connectivity index (χ1v) is 8.51. The topological polar surface area (TPSA) is 93.1 Å². The summed E-state index contributed by atoms with van der Waals surface area (Å²) in [5, 5.41) is 41.3. The monoisotopic (exact) mass is 374 g/mol. The Hall–Kier alpha value is -3.42. The van der Waals surface area contributed by atoms with Crippen molar-refractivity contribution >= 4 is 35.7 Å². The van der Waals surface area contributed by atoms with Crippen LogP contribution >= 0.6 is 0 Å². The molecule has 0 aliphatic rings. The van der Waals surface area contributed by atoms with Gasteiger partial charge in [0, 0.05) is 11.3 Å². The van der Waals surface area contributed by atoms with Crippen molar-refractivity contribution in [3.63, 3.8) is 0 Å². The molecule has 6 heteroatoms. The van der Waals surface area contributed by atoms with E-state index < -0.39 is 5.23 Å². The zero-order chi connectivity index (χ0) is 19.9. The lowest BCUT2D eigenvalue weighted by Crippen LogP contribution is -2.14. The van der Waals surface area contributed by atoms with Crippen molar-refractivity contribution in [2.24, 2.45) is 0 Å². The SMILES string of the molecule is [O-]N([O-])c1cc(N(O)O)c(C=Cc2ccccc2)cc1C=Cc1ccccc1. The van der Waals surface area contributed by atoms with Crippen molar-refractivity contribution in [2.75, 3.05) is 10.5 Å². The van der Waals surface area contributed by atoms with Gasteiger partial charge in [0.2, 0.25) is 0 Å². The zero-order valence-electron chi connectivity index (χ0n) is 14.8. The Morgan fingerprint density at radius 1 is 0.607 bits per heavy atom. The number of hydrogen-bond acceptors (Lipinski definition) is 6. The fourth-order valence-corrected chi connectivity index (χ4v) is 2.71. The first-order chi connectivity index (χ1) is 13.5. The van der Waals surface area contributed by atoms with Gasteiger partial charge in [-0.3, -0.25) is 10.4 Å². The summed E-state index contributed by atoms with van der Waals surface area (Å²) in [6.45, 7) is 0. The lowest BCUT2D eigenvalue weighted by atomic mass is 10.0. The fourth-order valence-electron chi connectivity index (χ4n) is 2.71. The van der Waals surface area contributed by atoms with Gasteiger partial charge in [-0.15, -0.1) is 5.23 Å². The van der Waals surface area contributed by atoms with Gasteiger partial charge >= 0.3 is 0 Å². The molecule has 3 rings (SSSR count). The maximum Gasteiger partial charge on any atom is 0.103 e. The maximum atomic E-state index is 11.5. The highest BCUT2D eigenvalue weighted by Gasteiger charge is 2.10. The number of benzene rings is 3. The van der Waals surface area contributed by atoms with E-state index in [9.17, 15) is 20.8 Å². The molecule has 3 aromatic rings.